The first-order valence-electron chi connectivity index (χ1n) is 6.03. The molecule has 1 aromatic heterocycles. The number of amidine groups is 1. The van der Waals surface area contributed by atoms with Crippen molar-refractivity contribution in [2.75, 3.05) is 5.32 Å². The molecule has 0 amide bonds. The van der Waals surface area contributed by atoms with Crippen LogP contribution in [0.5, 0.6) is 0 Å². The van der Waals surface area contributed by atoms with Gasteiger partial charge in [0.05, 0.1) is 10.7 Å². The number of hydrogen-bond acceptors (Lipinski definition) is 4. The van der Waals surface area contributed by atoms with Crippen molar-refractivity contribution in [2.24, 2.45) is 10.9 Å². The number of hydrogen-bond donors (Lipinski definition) is 3. The minimum absolute atomic E-state index is 0.0163. The Bertz CT molecular complexity index is 643. The third kappa shape index (κ3) is 3.19. The van der Waals surface area contributed by atoms with Crippen molar-refractivity contribution in [1.29, 1.82) is 0 Å². The lowest BCUT2D eigenvalue weighted by Gasteiger charge is -2.11. The summed E-state index contributed by atoms with van der Waals surface area (Å²) >= 11 is 6.16. The maximum absolute atomic E-state index is 8.75. The SMILES string of the molecule is Cc1ccc(NCc2cccnc2C(N)=NO)c(Cl)c1. The second-order valence-electron chi connectivity index (χ2n) is 4.33. The van der Waals surface area contributed by atoms with E-state index in [2.05, 4.69) is 15.5 Å². The van der Waals surface area contributed by atoms with E-state index in [1.54, 1.807) is 12.3 Å². The number of rotatable bonds is 4. The molecule has 0 aliphatic carbocycles. The van der Waals surface area contributed by atoms with Gasteiger partial charge in [0.1, 0.15) is 5.69 Å². The molecule has 2 rings (SSSR count). The van der Waals surface area contributed by atoms with E-state index < -0.39 is 0 Å². The van der Waals surface area contributed by atoms with E-state index in [1.807, 2.05) is 31.2 Å². The van der Waals surface area contributed by atoms with Gasteiger partial charge in [-0.05, 0) is 30.7 Å². The van der Waals surface area contributed by atoms with Crippen LogP contribution < -0.4 is 11.1 Å². The molecule has 1 heterocycles. The second kappa shape index (κ2) is 6.25. The zero-order valence-corrected chi connectivity index (χ0v) is 11.7. The average molecular weight is 291 g/mol. The van der Waals surface area contributed by atoms with Crippen LogP contribution in [0, 0.1) is 6.92 Å². The van der Waals surface area contributed by atoms with Crippen molar-refractivity contribution in [1.82, 2.24) is 4.98 Å². The van der Waals surface area contributed by atoms with Crippen LogP contribution in [-0.4, -0.2) is 16.0 Å². The van der Waals surface area contributed by atoms with Crippen LogP contribution in [0.3, 0.4) is 0 Å². The molecule has 20 heavy (non-hydrogen) atoms. The number of oxime groups is 1. The third-order valence-corrected chi connectivity index (χ3v) is 3.15. The summed E-state index contributed by atoms with van der Waals surface area (Å²) in [6.07, 6.45) is 1.59. The monoisotopic (exact) mass is 290 g/mol. The summed E-state index contributed by atoms with van der Waals surface area (Å²) in [5.74, 6) is -0.0163. The highest BCUT2D eigenvalue weighted by atomic mass is 35.5. The van der Waals surface area contributed by atoms with Gasteiger partial charge in [0, 0.05) is 18.3 Å². The van der Waals surface area contributed by atoms with Crippen molar-refractivity contribution in [2.45, 2.75) is 13.5 Å². The second-order valence-corrected chi connectivity index (χ2v) is 4.74. The summed E-state index contributed by atoms with van der Waals surface area (Å²) in [4.78, 5) is 4.11. The number of benzene rings is 1. The smallest absolute Gasteiger partial charge is 0.189 e. The molecule has 0 atom stereocenters. The summed E-state index contributed by atoms with van der Waals surface area (Å²) < 4.78 is 0. The minimum atomic E-state index is -0.0163. The standard InChI is InChI=1S/C14H15ClN4O/c1-9-4-5-12(11(15)7-9)18-8-10-3-2-6-17-13(10)14(16)19-20/h2-7,18,20H,8H2,1H3,(H2,16,19). The Balaban J connectivity index is 2.19. The van der Waals surface area contributed by atoms with Crippen LogP contribution in [0.4, 0.5) is 5.69 Å². The Labute approximate surface area is 122 Å². The summed E-state index contributed by atoms with van der Waals surface area (Å²) in [5, 5.41) is 15.6. The molecule has 6 heteroatoms. The highest BCUT2D eigenvalue weighted by molar-refractivity contribution is 6.33. The van der Waals surface area contributed by atoms with Gasteiger partial charge in [-0.1, -0.05) is 28.9 Å². The lowest BCUT2D eigenvalue weighted by atomic mass is 10.1. The van der Waals surface area contributed by atoms with Gasteiger partial charge in [0.2, 0.25) is 0 Å². The molecule has 0 saturated carbocycles. The van der Waals surface area contributed by atoms with E-state index >= 15 is 0 Å². The molecule has 0 aliphatic heterocycles. The highest BCUT2D eigenvalue weighted by Gasteiger charge is 2.08. The lowest BCUT2D eigenvalue weighted by molar-refractivity contribution is 0.318. The van der Waals surface area contributed by atoms with E-state index in [1.165, 1.54) is 0 Å². The van der Waals surface area contributed by atoms with E-state index in [4.69, 9.17) is 22.5 Å². The van der Waals surface area contributed by atoms with Gasteiger partial charge in [-0.2, -0.15) is 0 Å². The first kappa shape index (κ1) is 14.1. The van der Waals surface area contributed by atoms with Crippen molar-refractivity contribution in [3.8, 4) is 0 Å². The first-order chi connectivity index (χ1) is 9.61. The zero-order valence-electron chi connectivity index (χ0n) is 11.0. The number of nitrogens with one attached hydrogen (secondary N) is 1. The van der Waals surface area contributed by atoms with Crippen molar-refractivity contribution >= 4 is 23.1 Å². The Morgan fingerprint density at radius 3 is 2.95 bits per heavy atom. The molecule has 4 N–H and O–H groups in total. The first-order valence-corrected chi connectivity index (χ1v) is 6.41. The van der Waals surface area contributed by atoms with Crippen LogP contribution in [0.1, 0.15) is 16.8 Å². The third-order valence-electron chi connectivity index (χ3n) is 2.84. The van der Waals surface area contributed by atoms with Gasteiger partial charge in [0.25, 0.3) is 0 Å². The predicted molar refractivity (Wildman–Crippen MR) is 80.3 cm³/mol. The maximum atomic E-state index is 8.75. The molecule has 0 bridgehead atoms. The molecule has 0 saturated heterocycles. The zero-order chi connectivity index (χ0) is 14.5. The van der Waals surface area contributed by atoms with Gasteiger partial charge in [0.15, 0.2) is 5.84 Å². The van der Waals surface area contributed by atoms with Gasteiger partial charge in [-0.25, -0.2) is 0 Å². The van der Waals surface area contributed by atoms with Gasteiger partial charge in [-0.15, -0.1) is 0 Å². The van der Waals surface area contributed by atoms with Crippen LogP contribution in [0.2, 0.25) is 5.02 Å². The molecule has 104 valence electrons. The average Bonchev–Trinajstić information content (AvgIpc) is 2.46. The molecule has 5 nitrogen and oxygen atoms in total. The molecule has 0 spiro atoms. The van der Waals surface area contributed by atoms with Crippen LogP contribution >= 0.6 is 11.6 Å². The molecule has 0 aliphatic rings. The summed E-state index contributed by atoms with van der Waals surface area (Å²) in [5.41, 5.74) is 8.79. The molecule has 1 aromatic carbocycles. The van der Waals surface area contributed by atoms with Gasteiger partial charge >= 0.3 is 0 Å². The molecule has 0 fully saturated rings. The van der Waals surface area contributed by atoms with E-state index in [0.717, 1.165) is 16.8 Å². The molecule has 0 unspecified atom stereocenters. The number of anilines is 1. The Morgan fingerprint density at radius 1 is 1.45 bits per heavy atom. The number of nitrogens with zero attached hydrogens (tertiary/aromatic N) is 2. The van der Waals surface area contributed by atoms with E-state index in [9.17, 15) is 0 Å². The summed E-state index contributed by atoms with van der Waals surface area (Å²) in [7, 11) is 0. The lowest BCUT2D eigenvalue weighted by Crippen LogP contribution is -2.18. The Hall–Kier alpha value is -2.27. The fourth-order valence-corrected chi connectivity index (χ4v) is 2.12. The maximum Gasteiger partial charge on any atom is 0.189 e. The van der Waals surface area contributed by atoms with Crippen molar-refractivity contribution < 1.29 is 5.21 Å². The number of nitrogens with two attached hydrogens (primary N) is 1. The highest BCUT2D eigenvalue weighted by Crippen LogP contribution is 2.23. The number of aryl methyl sites for hydroxylation is 1. The van der Waals surface area contributed by atoms with Gasteiger partial charge in [-0.3, -0.25) is 4.98 Å². The normalized spacial score (nSPS) is 11.4. The number of pyridine rings is 1. The molecular weight excluding hydrogens is 276 g/mol. The molecular formula is C14H15ClN4O. The fourth-order valence-electron chi connectivity index (χ4n) is 1.81. The van der Waals surface area contributed by atoms with Crippen LogP contribution in [0.15, 0.2) is 41.7 Å². The quantitative estimate of drug-likeness (QED) is 0.350. The van der Waals surface area contributed by atoms with Crippen LogP contribution in [-0.2, 0) is 6.54 Å². The summed E-state index contributed by atoms with van der Waals surface area (Å²) in [6, 6.07) is 9.42. The Kier molecular flexibility index (Phi) is 4.42. The van der Waals surface area contributed by atoms with E-state index in [0.29, 0.717) is 17.3 Å². The van der Waals surface area contributed by atoms with E-state index in [-0.39, 0.29) is 5.84 Å². The topological polar surface area (TPSA) is 83.5 Å². The number of aromatic nitrogens is 1. The van der Waals surface area contributed by atoms with Crippen LogP contribution in [0.25, 0.3) is 0 Å². The largest absolute Gasteiger partial charge is 0.409 e. The number of halogens is 1. The van der Waals surface area contributed by atoms with Crippen molar-refractivity contribution in [3.63, 3.8) is 0 Å². The molecule has 2 aromatic rings. The van der Waals surface area contributed by atoms with Gasteiger partial charge < -0.3 is 16.3 Å². The molecule has 0 radical (unpaired) electrons. The predicted octanol–water partition coefficient (Wildman–Crippen LogP) is 2.75. The Morgan fingerprint density at radius 2 is 2.25 bits per heavy atom. The minimum Gasteiger partial charge on any atom is -0.409 e. The van der Waals surface area contributed by atoms with Crippen molar-refractivity contribution in [3.05, 3.63) is 58.4 Å². The fraction of sp³-hybridized carbons (Fsp3) is 0.143. The summed E-state index contributed by atoms with van der Waals surface area (Å²) in [6.45, 7) is 2.45.